The monoisotopic (exact) mass is 249 g/mol. The first-order valence-corrected chi connectivity index (χ1v) is 6.63. The van der Waals surface area contributed by atoms with Gasteiger partial charge in [-0.3, -0.25) is 9.69 Å². The molecule has 0 unspecified atom stereocenters. The number of likely N-dealkylation sites (tertiary alicyclic amines) is 1. The van der Waals surface area contributed by atoms with E-state index in [0.29, 0.717) is 12.5 Å². The fourth-order valence-corrected chi connectivity index (χ4v) is 2.34. The number of benzene rings is 1. The summed E-state index contributed by atoms with van der Waals surface area (Å²) in [6.07, 6.45) is 2.28. The molecule has 0 amide bonds. The van der Waals surface area contributed by atoms with Crippen LogP contribution >= 0.6 is 0 Å². The largest absolute Gasteiger partial charge is 0.296 e. The zero-order valence-electron chi connectivity index (χ0n) is 11.1. The zero-order valence-corrected chi connectivity index (χ0v) is 11.1. The predicted molar refractivity (Wildman–Crippen MR) is 70.5 cm³/mol. The summed E-state index contributed by atoms with van der Waals surface area (Å²) in [5.41, 5.74) is 1.26. The highest BCUT2D eigenvalue weighted by Crippen LogP contribution is 2.19. The number of rotatable bonds is 4. The average molecular weight is 249 g/mol. The first-order valence-electron chi connectivity index (χ1n) is 6.63. The number of hydrogen-bond acceptors (Lipinski definition) is 2. The van der Waals surface area contributed by atoms with Gasteiger partial charge in [0.1, 0.15) is 5.82 Å². The van der Waals surface area contributed by atoms with Crippen molar-refractivity contribution in [3.8, 4) is 0 Å². The molecule has 18 heavy (non-hydrogen) atoms. The molecule has 0 aromatic heterocycles. The van der Waals surface area contributed by atoms with E-state index in [1.165, 1.54) is 6.07 Å². The topological polar surface area (TPSA) is 20.3 Å². The van der Waals surface area contributed by atoms with Crippen molar-refractivity contribution in [1.82, 2.24) is 4.90 Å². The highest BCUT2D eigenvalue weighted by atomic mass is 19.1. The molecule has 0 spiro atoms. The molecule has 0 saturated carbocycles. The maximum absolute atomic E-state index is 13.7. The number of halogens is 1. The molecule has 1 saturated heterocycles. The van der Waals surface area contributed by atoms with E-state index in [-0.39, 0.29) is 11.3 Å². The van der Waals surface area contributed by atoms with E-state index in [0.717, 1.165) is 31.5 Å². The second-order valence-electron chi connectivity index (χ2n) is 5.30. The third-order valence-electron chi connectivity index (χ3n) is 3.52. The molecule has 0 N–H and O–H groups in total. The third-order valence-corrected chi connectivity index (χ3v) is 3.52. The predicted octanol–water partition coefficient (Wildman–Crippen LogP) is 3.23. The van der Waals surface area contributed by atoms with Crippen LogP contribution in [0.5, 0.6) is 0 Å². The summed E-state index contributed by atoms with van der Waals surface area (Å²) in [5.74, 6) is -0.190. The highest BCUT2D eigenvalue weighted by Gasteiger charge is 2.19. The number of Topliss-reactive ketones (excluding diaryl/α,β-unsaturated/α-hetero) is 1. The van der Waals surface area contributed by atoms with Crippen molar-refractivity contribution in [2.75, 3.05) is 19.6 Å². The Morgan fingerprint density at radius 1 is 1.33 bits per heavy atom. The number of carbonyl (C=O) groups excluding carboxylic acids is 1. The van der Waals surface area contributed by atoms with Gasteiger partial charge >= 0.3 is 0 Å². The van der Waals surface area contributed by atoms with Gasteiger partial charge in [-0.1, -0.05) is 19.9 Å². The van der Waals surface area contributed by atoms with Crippen molar-refractivity contribution in [1.29, 1.82) is 0 Å². The van der Waals surface area contributed by atoms with Gasteiger partial charge in [-0.25, -0.2) is 4.39 Å². The summed E-state index contributed by atoms with van der Waals surface area (Å²) in [5, 5.41) is 0. The van der Waals surface area contributed by atoms with Crippen molar-refractivity contribution < 1.29 is 9.18 Å². The summed E-state index contributed by atoms with van der Waals surface area (Å²) in [6.45, 7) is 6.34. The molecule has 2 rings (SSSR count). The number of ketones is 1. The lowest BCUT2D eigenvalue weighted by Gasteiger charge is -2.14. The number of nitrogens with zero attached hydrogens (tertiary/aromatic N) is 1. The third kappa shape index (κ3) is 2.96. The molecule has 1 heterocycles. The Balaban J connectivity index is 2.15. The van der Waals surface area contributed by atoms with Gasteiger partial charge < -0.3 is 0 Å². The van der Waals surface area contributed by atoms with Crippen LogP contribution in [-0.2, 0) is 0 Å². The lowest BCUT2D eigenvalue weighted by molar-refractivity contribution is 0.0941. The summed E-state index contributed by atoms with van der Waals surface area (Å²) < 4.78 is 13.7. The Bertz CT molecular complexity index is 436. The molecule has 1 aromatic carbocycles. The highest BCUT2D eigenvalue weighted by molar-refractivity contribution is 5.98. The van der Waals surface area contributed by atoms with Crippen LogP contribution in [0, 0.1) is 5.82 Å². The van der Waals surface area contributed by atoms with Crippen LogP contribution in [0.2, 0.25) is 0 Å². The van der Waals surface area contributed by atoms with Gasteiger partial charge in [0.15, 0.2) is 5.78 Å². The molecule has 1 aliphatic rings. The molecule has 1 aromatic rings. The van der Waals surface area contributed by atoms with E-state index in [1.807, 2.05) is 13.8 Å². The molecule has 2 nitrogen and oxygen atoms in total. The van der Waals surface area contributed by atoms with Gasteiger partial charge in [0.25, 0.3) is 0 Å². The smallest absolute Gasteiger partial charge is 0.179 e. The van der Waals surface area contributed by atoms with Crippen molar-refractivity contribution >= 4 is 5.78 Å². The minimum atomic E-state index is -0.399. The van der Waals surface area contributed by atoms with Crippen LogP contribution in [0.1, 0.15) is 48.5 Å². The molecule has 0 atom stereocenters. The number of carbonyl (C=O) groups is 1. The van der Waals surface area contributed by atoms with Gasteiger partial charge in [0.2, 0.25) is 0 Å². The first kappa shape index (κ1) is 13.2. The maximum atomic E-state index is 13.7. The van der Waals surface area contributed by atoms with Crippen LogP contribution in [0.4, 0.5) is 4.39 Å². The normalized spacial score (nSPS) is 16.4. The minimum Gasteiger partial charge on any atom is -0.296 e. The Morgan fingerprint density at radius 2 is 2.00 bits per heavy atom. The molecule has 98 valence electrons. The van der Waals surface area contributed by atoms with E-state index < -0.39 is 5.82 Å². The second kappa shape index (κ2) is 5.61. The van der Waals surface area contributed by atoms with Crippen molar-refractivity contribution in [3.63, 3.8) is 0 Å². The Hall–Kier alpha value is -1.22. The summed E-state index contributed by atoms with van der Waals surface area (Å²) in [4.78, 5) is 14.2. The molecule has 3 heteroatoms. The van der Waals surface area contributed by atoms with Crippen molar-refractivity contribution in [2.24, 2.45) is 0 Å². The summed E-state index contributed by atoms with van der Waals surface area (Å²) in [7, 11) is 0. The van der Waals surface area contributed by atoms with Gasteiger partial charge in [-0.2, -0.15) is 0 Å². The quantitative estimate of drug-likeness (QED) is 0.764. The SMILES string of the molecule is CC(C)c1ccc(F)c(C(=O)CN2CCCC2)c1. The van der Waals surface area contributed by atoms with Crippen LogP contribution in [0.15, 0.2) is 18.2 Å². The Morgan fingerprint density at radius 3 is 2.61 bits per heavy atom. The zero-order chi connectivity index (χ0) is 13.1. The summed E-state index contributed by atoms with van der Waals surface area (Å²) in [6, 6.07) is 4.87. The Kier molecular flexibility index (Phi) is 4.12. The molecule has 0 aliphatic carbocycles. The number of hydrogen-bond donors (Lipinski definition) is 0. The molecule has 0 radical (unpaired) electrons. The second-order valence-corrected chi connectivity index (χ2v) is 5.30. The van der Waals surface area contributed by atoms with Gasteiger partial charge in [0, 0.05) is 0 Å². The van der Waals surface area contributed by atoms with E-state index in [4.69, 9.17) is 0 Å². The molecule has 1 fully saturated rings. The van der Waals surface area contributed by atoms with Crippen molar-refractivity contribution in [2.45, 2.75) is 32.6 Å². The van der Waals surface area contributed by atoms with Gasteiger partial charge in [0.05, 0.1) is 12.1 Å². The first-order chi connectivity index (χ1) is 8.58. The van der Waals surface area contributed by atoms with Crippen LogP contribution < -0.4 is 0 Å². The minimum absolute atomic E-state index is 0.100. The van der Waals surface area contributed by atoms with Crippen LogP contribution in [0.25, 0.3) is 0 Å². The molecule has 0 bridgehead atoms. The average Bonchev–Trinajstić information content (AvgIpc) is 2.81. The lowest BCUT2D eigenvalue weighted by Crippen LogP contribution is -2.27. The maximum Gasteiger partial charge on any atom is 0.179 e. The molecule has 1 aliphatic heterocycles. The molecular formula is C15H20FNO. The van der Waals surface area contributed by atoms with Gasteiger partial charge in [-0.15, -0.1) is 0 Å². The molecular weight excluding hydrogens is 229 g/mol. The van der Waals surface area contributed by atoms with E-state index >= 15 is 0 Å². The standard InChI is InChI=1S/C15H20FNO/c1-11(2)12-5-6-14(16)13(9-12)15(18)10-17-7-3-4-8-17/h5-6,9,11H,3-4,7-8,10H2,1-2H3. The lowest BCUT2D eigenvalue weighted by atomic mass is 9.98. The fourth-order valence-electron chi connectivity index (χ4n) is 2.34. The van der Waals surface area contributed by atoms with E-state index in [2.05, 4.69) is 4.90 Å². The fraction of sp³-hybridized carbons (Fsp3) is 0.533. The van der Waals surface area contributed by atoms with Crippen LogP contribution in [-0.4, -0.2) is 30.3 Å². The van der Waals surface area contributed by atoms with E-state index in [9.17, 15) is 9.18 Å². The van der Waals surface area contributed by atoms with E-state index in [1.54, 1.807) is 12.1 Å². The van der Waals surface area contributed by atoms with Crippen LogP contribution in [0.3, 0.4) is 0 Å². The summed E-state index contributed by atoms with van der Waals surface area (Å²) >= 11 is 0. The Labute approximate surface area is 108 Å². The van der Waals surface area contributed by atoms with Gasteiger partial charge in [-0.05, 0) is 49.5 Å². The van der Waals surface area contributed by atoms with Crippen molar-refractivity contribution in [3.05, 3.63) is 35.1 Å².